The molecule has 0 spiro atoms. The molecule has 0 N–H and O–H groups in total. The average molecular weight is 229 g/mol. The van der Waals surface area contributed by atoms with Gasteiger partial charge in [0.1, 0.15) is 5.82 Å². The van der Waals surface area contributed by atoms with Crippen molar-refractivity contribution in [2.24, 2.45) is 0 Å². The van der Waals surface area contributed by atoms with Gasteiger partial charge in [-0.1, -0.05) is 39.0 Å². The Balaban J connectivity index is 2.45. The SMILES string of the molecule is CC(C)(C)c1ccc(-c2ccccn2)cc1F. The van der Waals surface area contributed by atoms with Crippen molar-refractivity contribution in [3.63, 3.8) is 0 Å². The van der Waals surface area contributed by atoms with Crippen molar-refractivity contribution in [1.82, 2.24) is 4.98 Å². The number of hydrogen-bond donors (Lipinski definition) is 0. The van der Waals surface area contributed by atoms with Crippen LogP contribution in [-0.4, -0.2) is 4.98 Å². The van der Waals surface area contributed by atoms with Gasteiger partial charge in [0.15, 0.2) is 0 Å². The van der Waals surface area contributed by atoms with Crippen LogP contribution in [0.25, 0.3) is 11.3 Å². The normalized spacial score (nSPS) is 11.5. The van der Waals surface area contributed by atoms with E-state index < -0.39 is 0 Å². The van der Waals surface area contributed by atoms with Crippen LogP contribution in [0.4, 0.5) is 4.39 Å². The molecular weight excluding hydrogens is 213 g/mol. The number of hydrogen-bond acceptors (Lipinski definition) is 1. The second-order valence-electron chi connectivity index (χ2n) is 5.16. The Morgan fingerprint density at radius 3 is 2.35 bits per heavy atom. The molecule has 2 rings (SSSR count). The quantitative estimate of drug-likeness (QED) is 0.714. The van der Waals surface area contributed by atoms with Gasteiger partial charge in [-0.25, -0.2) is 4.39 Å². The van der Waals surface area contributed by atoms with E-state index in [1.165, 1.54) is 0 Å². The van der Waals surface area contributed by atoms with Crippen LogP contribution in [-0.2, 0) is 5.41 Å². The molecule has 1 aromatic carbocycles. The fraction of sp³-hybridized carbons (Fsp3) is 0.267. The van der Waals surface area contributed by atoms with Crippen LogP contribution in [0.3, 0.4) is 0 Å². The number of halogens is 1. The molecule has 1 heterocycles. The van der Waals surface area contributed by atoms with E-state index in [1.54, 1.807) is 12.3 Å². The van der Waals surface area contributed by atoms with Gasteiger partial charge >= 0.3 is 0 Å². The van der Waals surface area contributed by atoms with Crippen LogP contribution in [0, 0.1) is 5.82 Å². The molecule has 0 amide bonds. The fourth-order valence-corrected chi connectivity index (χ4v) is 1.82. The van der Waals surface area contributed by atoms with Gasteiger partial charge in [-0.2, -0.15) is 0 Å². The van der Waals surface area contributed by atoms with Crippen LogP contribution in [0.1, 0.15) is 26.3 Å². The third-order valence-corrected chi connectivity index (χ3v) is 2.74. The van der Waals surface area contributed by atoms with Gasteiger partial charge in [-0.3, -0.25) is 4.98 Å². The van der Waals surface area contributed by atoms with E-state index in [1.807, 2.05) is 51.1 Å². The Labute approximate surface area is 101 Å². The lowest BCUT2D eigenvalue weighted by atomic mass is 9.86. The Kier molecular flexibility index (Phi) is 2.97. The highest BCUT2D eigenvalue weighted by atomic mass is 19.1. The molecule has 0 aliphatic heterocycles. The van der Waals surface area contributed by atoms with Gasteiger partial charge in [0.25, 0.3) is 0 Å². The van der Waals surface area contributed by atoms with E-state index >= 15 is 0 Å². The van der Waals surface area contributed by atoms with E-state index in [2.05, 4.69) is 4.98 Å². The van der Waals surface area contributed by atoms with Gasteiger partial charge in [-0.15, -0.1) is 0 Å². The second-order valence-corrected chi connectivity index (χ2v) is 5.16. The summed E-state index contributed by atoms with van der Waals surface area (Å²) in [5.41, 5.74) is 2.17. The van der Waals surface area contributed by atoms with Gasteiger partial charge in [0, 0.05) is 11.8 Å². The highest BCUT2D eigenvalue weighted by Gasteiger charge is 2.18. The summed E-state index contributed by atoms with van der Waals surface area (Å²) < 4.78 is 14.0. The Bertz CT molecular complexity index is 512. The first kappa shape index (κ1) is 11.8. The van der Waals surface area contributed by atoms with Crippen molar-refractivity contribution in [2.75, 3.05) is 0 Å². The van der Waals surface area contributed by atoms with Gasteiger partial charge in [0.05, 0.1) is 5.69 Å². The van der Waals surface area contributed by atoms with E-state index in [4.69, 9.17) is 0 Å². The van der Waals surface area contributed by atoms with E-state index in [0.29, 0.717) is 0 Å². The van der Waals surface area contributed by atoms with E-state index in [0.717, 1.165) is 16.8 Å². The zero-order chi connectivity index (χ0) is 12.5. The van der Waals surface area contributed by atoms with Gasteiger partial charge in [0.2, 0.25) is 0 Å². The summed E-state index contributed by atoms with van der Waals surface area (Å²) in [4.78, 5) is 4.22. The predicted molar refractivity (Wildman–Crippen MR) is 68.3 cm³/mol. The van der Waals surface area contributed by atoms with Crippen LogP contribution < -0.4 is 0 Å². The number of pyridine rings is 1. The molecule has 0 saturated heterocycles. The van der Waals surface area contributed by atoms with Gasteiger partial charge < -0.3 is 0 Å². The summed E-state index contributed by atoms with van der Waals surface area (Å²) in [5.74, 6) is -0.166. The predicted octanol–water partition coefficient (Wildman–Crippen LogP) is 4.19. The maximum absolute atomic E-state index is 14.0. The molecule has 0 unspecified atom stereocenters. The maximum Gasteiger partial charge on any atom is 0.127 e. The standard InChI is InChI=1S/C15H16FN/c1-15(2,3)12-8-7-11(10-13(12)16)14-6-4-5-9-17-14/h4-10H,1-3H3. The molecule has 0 aliphatic carbocycles. The summed E-state index contributed by atoms with van der Waals surface area (Å²) in [7, 11) is 0. The Hall–Kier alpha value is -1.70. The molecule has 0 fully saturated rings. The molecule has 0 bridgehead atoms. The highest BCUT2D eigenvalue weighted by molar-refractivity contribution is 5.59. The first-order chi connectivity index (χ1) is 7.98. The van der Waals surface area contributed by atoms with Crippen molar-refractivity contribution in [2.45, 2.75) is 26.2 Å². The van der Waals surface area contributed by atoms with Crippen molar-refractivity contribution in [3.8, 4) is 11.3 Å². The number of rotatable bonds is 1. The molecule has 1 aromatic heterocycles. The Morgan fingerprint density at radius 1 is 1.06 bits per heavy atom. The third kappa shape index (κ3) is 2.52. The molecule has 0 atom stereocenters. The minimum atomic E-state index is -0.174. The number of aromatic nitrogens is 1. The van der Waals surface area contributed by atoms with Crippen LogP contribution in [0.5, 0.6) is 0 Å². The summed E-state index contributed by atoms with van der Waals surface area (Å²) in [5, 5.41) is 0. The maximum atomic E-state index is 14.0. The molecule has 2 aromatic rings. The van der Waals surface area contributed by atoms with Crippen molar-refractivity contribution in [1.29, 1.82) is 0 Å². The lowest BCUT2D eigenvalue weighted by molar-refractivity contribution is 0.523. The molecule has 0 aliphatic rings. The zero-order valence-electron chi connectivity index (χ0n) is 10.4. The summed E-state index contributed by atoms with van der Waals surface area (Å²) >= 11 is 0. The van der Waals surface area contributed by atoms with Crippen LogP contribution >= 0.6 is 0 Å². The second kappa shape index (κ2) is 4.28. The summed E-state index contributed by atoms with van der Waals surface area (Å²) in [6.45, 7) is 6.02. The van der Waals surface area contributed by atoms with E-state index in [9.17, 15) is 4.39 Å². The van der Waals surface area contributed by atoms with Crippen molar-refractivity contribution in [3.05, 3.63) is 54.0 Å². The molecule has 0 radical (unpaired) electrons. The number of nitrogens with zero attached hydrogens (tertiary/aromatic N) is 1. The molecule has 88 valence electrons. The zero-order valence-corrected chi connectivity index (χ0v) is 10.4. The van der Waals surface area contributed by atoms with Crippen LogP contribution in [0.2, 0.25) is 0 Å². The summed E-state index contributed by atoms with van der Waals surface area (Å²) in [6.07, 6.45) is 1.71. The first-order valence-corrected chi connectivity index (χ1v) is 5.70. The smallest absolute Gasteiger partial charge is 0.127 e. The fourth-order valence-electron chi connectivity index (χ4n) is 1.82. The average Bonchev–Trinajstić information content (AvgIpc) is 2.28. The molecule has 0 saturated carbocycles. The lowest BCUT2D eigenvalue weighted by Crippen LogP contribution is -2.13. The third-order valence-electron chi connectivity index (χ3n) is 2.74. The minimum absolute atomic E-state index is 0.166. The molecule has 17 heavy (non-hydrogen) atoms. The number of benzene rings is 1. The molecule has 1 nitrogen and oxygen atoms in total. The van der Waals surface area contributed by atoms with E-state index in [-0.39, 0.29) is 11.2 Å². The monoisotopic (exact) mass is 229 g/mol. The molecular formula is C15H16FN. The summed E-state index contributed by atoms with van der Waals surface area (Å²) in [6, 6.07) is 11.0. The van der Waals surface area contributed by atoms with Crippen LogP contribution in [0.15, 0.2) is 42.6 Å². The Morgan fingerprint density at radius 2 is 1.82 bits per heavy atom. The van der Waals surface area contributed by atoms with Crippen molar-refractivity contribution >= 4 is 0 Å². The largest absolute Gasteiger partial charge is 0.256 e. The lowest BCUT2D eigenvalue weighted by Gasteiger charge is -2.20. The van der Waals surface area contributed by atoms with Gasteiger partial charge in [-0.05, 0) is 29.2 Å². The molecule has 2 heteroatoms. The first-order valence-electron chi connectivity index (χ1n) is 5.70. The highest BCUT2D eigenvalue weighted by Crippen LogP contribution is 2.28. The topological polar surface area (TPSA) is 12.9 Å². The van der Waals surface area contributed by atoms with Crippen molar-refractivity contribution < 1.29 is 4.39 Å². The minimum Gasteiger partial charge on any atom is -0.256 e.